The lowest BCUT2D eigenvalue weighted by atomic mass is 9.83. The molecule has 6 atom stereocenters. The zero-order valence-corrected chi connectivity index (χ0v) is 31.7. The molecule has 1 saturated heterocycles. The number of nitrogens with zero attached hydrogens (tertiary/aromatic N) is 1. The first-order chi connectivity index (χ1) is 24.3. The van der Waals surface area contributed by atoms with Crippen molar-refractivity contribution in [3.63, 3.8) is 0 Å². The van der Waals surface area contributed by atoms with Gasteiger partial charge < -0.3 is 41.7 Å². The second-order valence-corrected chi connectivity index (χ2v) is 14.8. The van der Waals surface area contributed by atoms with Crippen LogP contribution < -0.4 is 27.0 Å². The third-order valence-electron chi connectivity index (χ3n) is 10.2. The highest BCUT2D eigenvalue weighted by atomic mass is 16.5. The van der Waals surface area contributed by atoms with E-state index in [1.165, 1.54) is 24.2 Å². The summed E-state index contributed by atoms with van der Waals surface area (Å²) in [5.74, 6) is -4.89. The molecule has 2 aliphatic rings. The minimum atomic E-state index is -1.44. The van der Waals surface area contributed by atoms with Crippen molar-refractivity contribution in [2.24, 2.45) is 23.5 Å². The highest BCUT2D eigenvalue weighted by Crippen LogP contribution is 2.28. The Labute approximate surface area is 304 Å². The SMILES string of the molecule is CCCCCCCCCC[C@H]1OC(=O)CNC(=O)[C@H](CO)NC(=O)[C@H](CN)NC(=O)C(C2CCCCC2)NC(=O)[C@H](CC(C)C)N(C)C(=O)[C@@H]1C. The smallest absolute Gasteiger partial charge is 0.325 e. The van der Waals surface area contributed by atoms with Crippen LogP contribution in [0.2, 0.25) is 0 Å². The maximum atomic E-state index is 14.1. The Hall–Kier alpha value is -3.26. The number of esters is 1. The monoisotopic (exact) mass is 722 g/mol. The van der Waals surface area contributed by atoms with Gasteiger partial charge in [-0.2, -0.15) is 0 Å². The van der Waals surface area contributed by atoms with Crippen molar-refractivity contribution in [2.75, 3.05) is 26.7 Å². The van der Waals surface area contributed by atoms with Crippen molar-refractivity contribution in [3.8, 4) is 0 Å². The van der Waals surface area contributed by atoms with Crippen molar-refractivity contribution in [1.82, 2.24) is 26.2 Å². The zero-order chi connectivity index (χ0) is 37.9. The summed E-state index contributed by atoms with van der Waals surface area (Å²) >= 11 is 0. The van der Waals surface area contributed by atoms with Crippen LogP contribution in [0.3, 0.4) is 0 Å². The number of amides is 5. The van der Waals surface area contributed by atoms with Crippen LogP contribution >= 0.6 is 0 Å². The Balaban J connectivity index is 2.44. The molecule has 0 aromatic rings. The molecule has 0 aromatic heterocycles. The number of cyclic esters (lactones) is 1. The fourth-order valence-electron chi connectivity index (χ4n) is 6.98. The van der Waals surface area contributed by atoms with Crippen molar-refractivity contribution < 1.29 is 38.6 Å². The molecule has 0 aromatic carbocycles. The summed E-state index contributed by atoms with van der Waals surface area (Å²) in [7, 11) is 1.56. The topological polar surface area (TPSA) is 209 Å². The quantitative estimate of drug-likeness (QED) is 0.114. The van der Waals surface area contributed by atoms with Gasteiger partial charge in [0.15, 0.2) is 0 Å². The highest BCUT2D eigenvalue weighted by Gasteiger charge is 2.39. The Bertz CT molecular complexity index is 1130. The summed E-state index contributed by atoms with van der Waals surface area (Å²) in [4.78, 5) is 82.6. The number of carbonyl (C=O) groups is 6. The Morgan fingerprint density at radius 1 is 0.824 bits per heavy atom. The third kappa shape index (κ3) is 14.7. The van der Waals surface area contributed by atoms with Crippen LogP contribution in [0.1, 0.15) is 124 Å². The van der Waals surface area contributed by atoms with Crippen LogP contribution in [0.5, 0.6) is 0 Å². The number of rotatable bonds is 14. The predicted molar refractivity (Wildman–Crippen MR) is 194 cm³/mol. The number of ether oxygens (including phenoxy) is 1. The zero-order valence-electron chi connectivity index (χ0n) is 31.7. The van der Waals surface area contributed by atoms with Gasteiger partial charge >= 0.3 is 5.97 Å². The molecule has 292 valence electrons. The van der Waals surface area contributed by atoms with Crippen molar-refractivity contribution >= 4 is 35.5 Å². The summed E-state index contributed by atoms with van der Waals surface area (Å²) in [6.07, 6.45) is 12.6. The molecule has 1 saturated carbocycles. The van der Waals surface area contributed by atoms with Gasteiger partial charge in [0.05, 0.1) is 12.5 Å². The van der Waals surface area contributed by atoms with E-state index in [0.717, 1.165) is 44.9 Å². The Kier molecular flexibility index (Phi) is 20.1. The van der Waals surface area contributed by atoms with Gasteiger partial charge in [0.1, 0.15) is 36.8 Å². The first kappa shape index (κ1) is 43.9. The molecular weight excluding hydrogens is 656 g/mol. The van der Waals surface area contributed by atoms with E-state index in [1.54, 1.807) is 14.0 Å². The van der Waals surface area contributed by atoms with Gasteiger partial charge in [0.25, 0.3) is 0 Å². The molecule has 0 bridgehead atoms. The van der Waals surface area contributed by atoms with Crippen molar-refractivity contribution in [3.05, 3.63) is 0 Å². The van der Waals surface area contributed by atoms with Gasteiger partial charge in [-0.05, 0) is 43.9 Å². The molecule has 7 N–H and O–H groups in total. The molecule has 5 amide bonds. The fraction of sp³-hybridized carbons (Fsp3) is 0.838. The lowest BCUT2D eigenvalue weighted by Crippen LogP contribution is -2.62. The minimum Gasteiger partial charge on any atom is -0.460 e. The van der Waals surface area contributed by atoms with Gasteiger partial charge in [0, 0.05) is 13.6 Å². The Morgan fingerprint density at radius 3 is 2.02 bits per heavy atom. The van der Waals surface area contributed by atoms with Crippen molar-refractivity contribution in [1.29, 1.82) is 0 Å². The molecule has 51 heavy (non-hydrogen) atoms. The lowest BCUT2D eigenvalue weighted by Gasteiger charge is -2.36. The molecule has 2 rings (SSSR count). The van der Waals surface area contributed by atoms with Gasteiger partial charge in [-0.3, -0.25) is 28.8 Å². The van der Waals surface area contributed by atoms with Gasteiger partial charge in [0.2, 0.25) is 29.5 Å². The largest absolute Gasteiger partial charge is 0.460 e. The number of likely N-dealkylation sites (N-methyl/N-ethyl adjacent to an activating group) is 1. The van der Waals surface area contributed by atoms with Gasteiger partial charge in [-0.15, -0.1) is 0 Å². The number of unbranched alkanes of at least 4 members (excludes halogenated alkanes) is 7. The van der Waals surface area contributed by atoms with E-state index >= 15 is 0 Å². The number of nitrogens with one attached hydrogen (secondary N) is 4. The normalized spacial score (nSPS) is 27.1. The second kappa shape index (κ2) is 23.3. The van der Waals surface area contributed by atoms with E-state index in [1.807, 2.05) is 13.8 Å². The van der Waals surface area contributed by atoms with Crippen LogP contribution in [-0.4, -0.2) is 103 Å². The molecule has 1 aliphatic heterocycles. The highest BCUT2D eigenvalue weighted by molar-refractivity contribution is 5.96. The van der Waals surface area contributed by atoms with Gasteiger partial charge in [-0.25, -0.2) is 0 Å². The van der Waals surface area contributed by atoms with E-state index in [4.69, 9.17) is 10.5 Å². The summed E-state index contributed by atoms with van der Waals surface area (Å²) in [5.41, 5.74) is 5.87. The van der Waals surface area contributed by atoms with Crippen LogP contribution in [-0.2, 0) is 33.5 Å². The maximum absolute atomic E-state index is 14.1. The van der Waals surface area contributed by atoms with E-state index in [2.05, 4.69) is 28.2 Å². The average Bonchev–Trinajstić information content (AvgIpc) is 3.12. The summed E-state index contributed by atoms with van der Waals surface area (Å²) in [5, 5.41) is 20.3. The Morgan fingerprint density at radius 2 is 1.43 bits per heavy atom. The molecule has 14 heteroatoms. The van der Waals surface area contributed by atoms with E-state index in [9.17, 15) is 33.9 Å². The van der Waals surface area contributed by atoms with E-state index in [0.29, 0.717) is 32.1 Å². The third-order valence-corrected chi connectivity index (χ3v) is 10.2. The van der Waals surface area contributed by atoms with Crippen LogP contribution in [0.15, 0.2) is 0 Å². The molecule has 1 aliphatic carbocycles. The summed E-state index contributed by atoms with van der Waals surface area (Å²) in [6, 6.07) is -4.63. The first-order valence-electron chi connectivity index (χ1n) is 19.3. The maximum Gasteiger partial charge on any atom is 0.325 e. The van der Waals surface area contributed by atoms with Crippen LogP contribution in [0, 0.1) is 17.8 Å². The summed E-state index contributed by atoms with van der Waals surface area (Å²) < 4.78 is 5.81. The molecule has 2 fully saturated rings. The first-order valence-corrected chi connectivity index (χ1v) is 19.3. The van der Waals surface area contributed by atoms with Crippen molar-refractivity contribution in [2.45, 2.75) is 154 Å². The fourth-order valence-corrected chi connectivity index (χ4v) is 6.98. The van der Waals surface area contributed by atoms with Crippen LogP contribution in [0.4, 0.5) is 0 Å². The average molecular weight is 723 g/mol. The second-order valence-electron chi connectivity index (χ2n) is 14.8. The summed E-state index contributed by atoms with van der Waals surface area (Å²) in [6.45, 7) is 6.08. The molecule has 0 radical (unpaired) electrons. The lowest BCUT2D eigenvalue weighted by molar-refractivity contribution is -0.157. The number of nitrogens with two attached hydrogens (primary N) is 1. The number of hydrogen-bond acceptors (Lipinski definition) is 9. The standard InChI is InChI=1S/C37H66N6O8/c1-6-7-8-9-10-11-12-16-19-30-25(4)37(50)43(5)29(20-24(2)3)35(48)42-32(26-17-14-13-15-18-26)36(49)40-27(21-38)34(47)41-28(23-44)33(46)39-22-31(45)51-30/h24-30,32,44H,6-23,38H2,1-5H3,(H,39,46)(H,40,49)(H,41,47)(H,42,48)/t25-,27+,28+,29+,30-,32?/m1/s1. The van der Waals surface area contributed by atoms with Gasteiger partial charge in [-0.1, -0.05) is 91.9 Å². The molecule has 1 unspecified atom stereocenters. The van der Waals surface area contributed by atoms with E-state index < -0.39 is 78.9 Å². The van der Waals surface area contributed by atoms with Crippen LogP contribution in [0.25, 0.3) is 0 Å². The molecule has 14 nitrogen and oxygen atoms in total. The number of hydrogen-bond donors (Lipinski definition) is 6. The minimum absolute atomic E-state index is 0.0224. The predicted octanol–water partition coefficient (Wildman–Crippen LogP) is 2.05. The number of aliphatic hydroxyl groups excluding tert-OH is 1. The van der Waals surface area contributed by atoms with E-state index in [-0.39, 0.29) is 24.3 Å². The number of carbonyl (C=O) groups excluding carboxylic acids is 6. The molecule has 0 spiro atoms. The molecular formula is C37H66N6O8. The number of aliphatic hydroxyl groups is 1. The molecule has 1 heterocycles.